The van der Waals surface area contributed by atoms with Gasteiger partial charge in [-0.15, -0.1) is 0 Å². The maximum atomic E-state index is 14.5. The normalized spacial score (nSPS) is 12.1. The van der Waals surface area contributed by atoms with E-state index in [2.05, 4.69) is 29.9 Å². The molecule has 1 aromatic carbocycles. The molecule has 0 radical (unpaired) electrons. The van der Waals surface area contributed by atoms with Crippen LogP contribution in [0.25, 0.3) is 33.8 Å². The quantitative estimate of drug-likeness (QED) is 0.357. The molecule has 5 rings (SSSR count). The summed E-state index contributed by atoms with van der Waals surface area (Å²) in [7, 11) is 0. The molecule has 0 fully saturated rings. The van der Waals surface area contributed by atoms with Crippen molar-refractivity contribution >= 4 is 16.7 Å². The lowest BCUT2D eigenvalue weighted by Gasteiger charge is -2.19. The summed E-state index contributed by atoms with van der Waals surface area (Å²) in [5.74, 6) is -1.11. The highest BCUT2D eigenvalue weighted by atomic mass is 19.1. The van der Waals surface area contributed by atoms with Gasteiger partial charge in [-0.05, 0) is 56.7 Å². The standard InChI is InChI=1S/C25H20FN5O4/c1-12-10-16(14(3)29-18-7-5-8-27-19(18)24-30-25(33)35-31-24)22-17(11-12)20(32)13(2)21(34-22)15-6-4-9-28-23(15)26/h4-11,14,29H,1-3H3,(H,30,31,33)/t14-/m0/s1. The van der Waals surface area contributed by atoms with Gasteiger partial charge in [-0.3, -0.25) is 19.3 Å². The van der Waals surface area contributed by atoms with Gasteiger partial charge in [-0.25, -0.2) is 9.78 Å². The fraction of sp³-hybridized carbons (Fsp3) is 0.160. The Hall–Kier alpha value is -4.60. The molecule has 0 aliphatic rings. The summed E-state index contributed by atoms with van der Waals surface area (Å²) >= 11 is 0. The molecule has 0 saturated heterocycles. The number of aromatic nitrogens is 4. The number of aryl methyl sites for hydroxylation is 1. The molecule has 176 valence electrons. The molecule has 0 amide bonds. The summed E-state index contributed by atoms with van der Waals surface area (Å²) in [6, 6.07) is 9.89. The molecule has 0 spiro atoms. The van der Waals surface area contributed by atoms with Crippen LogP contribution in [0.1, 0.15) is 29.7 Å². The lowest BCUT2D eigenvalue weighted by Crippen LogP contribution is -2.13. The number of benzene rings is 1. The Morgan fingerprint density at radius 3 is 2.60 bits per heavy atom. The van der Waals surface area contributed by atoms with E-state index in [1.54, 1.807) is 37.4 Å². The first-order chi connectivity index (χ1) is 16.8. The van der Waals surface area contributed by atoms with Gasteiger partial charge in [0, 0.05) is 23.5 Å². The third kappa shape index (κ3) is 3.99. The molecule has 35 heavy (non-hydrogen) atoms. The van der Waals surface area contributed by atoms with Crippen LogP contribution >= 0.6 is 0 Å². The van der Waals surface area contributed by atoms with Crippen molar-refractivity contribution in [1.82, 2.24) is 20.1 Å². The zero-order valence-corrected chi connectivity index (χ0v) is 19.0. The predicted octanol–water partition coefficient (Wildman–Crippen LogP) is 4.52. The molecule has 9 nitrogen and oxygen atoms in total. The van der Waals surface area contributed by atoms with Gasteiger partial charge in [-0.1, -0.05) is 11.2 Å². The average molecular weight is 473 g/mol. The van der Waals surface area contributed by atoms with Crippen LogP contribution in [-0.4, -0.2) is 20.1 Å². The number of anilines is 1. The molecule has 0 aliphatic carbocycles. The zero-order valence-electron chi connectivity index (χ0n) is 19.0. The van der Waals surface area contributed by atoms with E-state index >= 15 is 0 Å². The van der Waals surface area contributed by atoms with Crippen molar-refractivity contribution < 1.29 is 13.3 Å². The Labute approximate surface area is 197 Å². The van der Waals surface area contributed by atoms with Crippen LogP contribution in [0.4, 0.5) is 10.1 Å². The van der Waals surface area contributed by atoms with Crippen molar-refractivity contribution in [3.8, 4) is 22.8 Å². The topological polar surface area (TPSA) is 127 Å². The van der Waals surface area contributed by atoms with Crippen molar-refractivity contribution in [2.24, 2.45) is 0 Å². The molecule has 1 atom stereocenters. The van der Waals surface area contributed by atoms with Crippen molar-refractivity contribution in [3.63, 3.8) is 0 Å². The van der Waals surface area contributed by atoms with Crippen molar-refractivity contribution in [2.45, 2.75) is 26.8 Å². The maximum Gasteiger partial charge on any atom is 0.439 e. The summed E-state index contributed by atoms with van der Waals surface area (Å²) in [4.78, 5) is 35.2. The second kappa shape index (κ2) is 8.64. The monoisotopic (exact) mass is 473 g/mol. The Morgan fingerprint density at radius 1 is 1.09 bits per heavy atom. The minimum absolute atomic E-state index is 0.112. The molecule has 0 unspecified atom stereocenters. The smallest absolute Gasteiger partial charge is 0.439 e. The Kier molecular flexibility index (Phi) is 5.48. The first-order valence-electron chi connectivity index (χ1n) is 10.8. The van der Waals surface area contributed by atoms with Crippen molar-refractivity contribution in [2.75, 3.05) is 5.32 Å². The predicted molar refractivity (Wildman–Crippen MR) is 128 cm³/mol. The van der Waals surface area contributed by atoms with Gasteiger partial charge >= 0.3 is 5.76 Å². The molecular formula is C25H20FN5O4. The minimum atomic E-state index is -0.723. The van der Waals surface area contributed by atoms with E-state index in [0.29, 0.717) is 33.5 Å². The third-order valence-corrected chi connectivity index (χ3v) is 5.71. The van der Waals surface area contributed by atoms with Crippen LogP contribution in [0.5, 0.6) is 0 Å². The van der Waals surface area contributed by atoms with E-state index in [0.717, 1.165) is 5.56 Å². The number of hydrogen-bond acceptors (Lipinski definition) is 8. The number of nitrogens with one attached hydrogen (secondary N) is 2. The number of H-pyrrole nitrogens is 1. The molecule has 4 heterocycles. The van der Waals surface area contributed by atoms with Gasteiger partial charge in [0.25, 0.3) is 0 Å². The van der Waals surface area contributed by atoms with E-state index in [4.69, 9.17) is 4.42 Å². The molecular weight excluding hydrogens is 453 g/mol. The van der Waals surface area contributed by atoms with Crippen LogP contribution < -0.4 is 16.5 Å². The highest BCUT2D eigenvalue weighted by Crippen LogP contribution is 2.33. The fourth-order valence-electron chi connectivity index (χ4n) is 4.05. The lowest BCUT2D eigenvalue weighted by molar-refractivity contribution is 0.388. The van der Waals surface area contributed by atoms with Gasteiger partial charge in [0.1, 0.15) is 17.0 Å². The Morgan fingerprint density at radius 2 is 1.86 bits per heavy atom. The second-order valence-corrected chi connectivity index (χ2v) is 8.17. The number of hydrogen-bond donors (Lipinski definition) is 2. The van der Waals surface area contributed by atoms with Crippen LogP contribution in [0.3, 0.4) is 0 Å². The number of pyridine rings is 2. The van der Waals surface area contributed by atoms with E-state index < -0.39 is 11.7 Å². The molecule has 10 heteroatoms. The molecule has 5 aromatic rings. The zero-order chi connectivity index (χ0) is 24.7. The first-order valence-corrected chi connectivity index (χ1v) is 10.8. The largest absolute Gasteiger partial charge is 0.455 e. The summed E-state index contributed by atoms with van der Waals surface area (Å²) in [5.41, 5.74) is 3.01. The molecule has 0 aliphatic heterocycles. The highest BCUT2D eigenvalue weighted by Gasteiger charge is 2.21. The number of aromatic amines is 1. The summed E-state index contributed by atoms with van der Waals surface area (Å²) < 4.78 is 25.3. The van der Waals surface area contributed by atoms with Crippen LogP contribution in [-0.2, 0) is 0 Å². The fourth-order valence-corrected chi connectivity index (χ4v) is 4.05. The maximum absolute atomic E-state index is 14.5. The summed E-state index contributed by atoms with van der Waals surface area (Å²) in [6.45, 7) is 5.38. The van der Waals surface area contributed by atoms with E-state index in [-0.39, 0.29) is 28.6 Å². The molecule has 0 saturated carbocycles. The minimum Gasteiger partial charge on any atom is -0.455 e. The van der Waals surface area contributed by atoms with Gasteiger partial charge in [0.05, 0.1) is 22.7 Å². The van der Waals surface area contributed by atoms with Crippen molar-refractivity contribution in [1.29, 1.82) is 0 Å². The molecule has 2 N–H and O–H groups in total. The van der Waals surface area contributed by atoms with Crippen molar-refractivity contribution in [3.05, 3.63) is 92.2 Å². The van der Waals surface area contributed by atoms with E-state index in [1.807, 2.05) is 19.9 Å². The van der Waals surface area contributed by atoms with E-state index in [9.17, 15) is 14.0 Å². The van der Waals surface area contributed by atoms with Crippen LogP contribution in [0.15, 0.2) is 67.3 Å². The highest BCUT2D eigenvalue weighted by molar-refractivity contribution is 5.85. The van der Waals surface area contributed by atoms with Gasteiger partial charge < -0.3 is 9.73 Å². The second-order valence-electron chi connectivity index (χ2n) is 8.17. The number of nitrogens with zero attached hydrogens (tertiary/aromatic N) is 3. The SMILES string of the molecule is Cc1cc([C@H](C)Nc2cccnc2-c2noc(=O)[nH]2)c2oc(-c3cccnc3F)c(C)c(=O)c2c1. The molecule has 4 aromatic heterocycles. The lowest BCUT2D eigenvalue weighted by atomic mass is 9.99. The number of rotatable bonds is 5. The summed E-state index contributed by atoms with van der Waals surface area (Å²) in [6.07, 6.45) is 2.90. The van der Waals surface area contributed by atoms with Gasteiger partial charge in [0.2, 0.25) is 11.8 Å². The molecule has 0 bridgehead atoms. The van der Waals surface area contributed by atoms with Crippen LogP contribution in [0.2, 0.25) is 0 Å². The number of halogens is 1. The van der Waals surface area contributed by atoms with E-state index in [1.165, 1.54) is 12.3 Å². The third-order valence-electron chi connectivity index (χ3n) is 5.71. The Balaban J connectivity index is 1.65. The van der Waals surface area contributed by atoms with Gasteiger partial charge in [-0.2, -0.15) is 4.39 Å². The first kappa shape index (κ1) is 22.2. The Bertz CT molecular complexity index is 1690. The van der Waals surface area contributed by atoms with Crippen LogP contribution in [0, 0.1) is 19.8 Å². The van der Waals surface area contributed by atoms with Gasteiger partial charge in [0.15, 0.2) is 5.43 Å². The summed E-state index contributed by atoms with van der Waals surface area (Å²) in [5, 5.41) is 7.46. The average Bonchev–Trinajstić information content (AvgIpc) is 3.28. The number of fused-ring (bicyclic) bond motifs is 1.